The lowest BCUT2D eigenvalue weighted by molar-refractivity contribution is 0.269. The molecule has 0 saturated heterocycles. The smallest absolute Gasteiger partial charge is 0.212 e. The first-order chi connectivity index (χ1) is 13.1. The highest BCUT2D eigenvalue weighted by Crippen LogP contribution is 2.29. The van der Waals surface area contributed by atoms with Crippen LogP contribution in [0.1, 0.15) is 57.4 Å². The van der Waals surface area contributed by atoms with Crippen LogP contribution in [0, 0.1) is 5.92 Å². The van der Waals surface area contributed by atoms with Crippen LogP contribution in [0.5, 0.6) is 0 Å². The number of hydrogen-bond acceptors (Lipinski definition) is 5. The molecule has 1 aromatic heterocycles. The summed E-state index contributed by atoms with van der Waals surface area (Å²) in [5.41, 5.74) is 0.956. The van der Waals surface area contributed by atoms with E-state index < -0.39 is 10.0 Å². The van der Waals surface area contributed by atoms with Gasteiger partial charge in [0.1, 0.15) is 0 Å². The highest BCUT2D eigenvalue weighted by molar-refractivity contribution is 7.89. The molecule has 2 fully saturated rings. The number of benzene rings is 1. The van der Waals surface area contributed by atoms with Gasteiger partial charge >= 0.3 is 0 Å². The van der Waals surface area contributed by atoms with Gasteiger partial charge in [-0.1, -0.05) is 43.2 Å². The van der Waals surface area contributed by atoms with Crippen LogP contribution >= 0.6 is 0 Å². The maximum absolute atomic E-state index is 12.4. The summed E-state index contributed by atoms with van der Waals surface area (Å²) >= 11 is 0. The van der Waals surface area contributed by atoms with Crippen LogP contribution in [-0.4, -0.2) is 40.4 Å². The second-order valence-electron chi connectivity index (χ2n) is 7.85. The van der Waals surface area contributed by atoms with Crippen LogP contribution in [-0.2, 0) is 10.0 Å². The van der Waals surface area contributed by atoms with E-state index in [-0.39, 0.29) is 17.8 Å². The van der Waals surface area contributed by atoms with Gasteiger partial charge in [0.25, 0.3) is 0 Å². The molecule has 0 unspecified atom stereocenters. The van der Waals surface area contributed by atoms with Gasteiger partial charge in [0, 0.05) is 11.6 Å². The largest absolute Gasteiger partial charge is 0.212 e. The van der Waals surface area contributed by atoms with Crippen molar-refractivity contribution in [2.24, 2.45) is 5.92 Å². The first-order valence-corrected chi connectivity index (χ1v) is 11.6. The minimum atomic E-state index is -3.18. The molecule has 1 aromatic carbocycles. The minimum absolute atomic E-state index is 0.0322. The van der Waals surface area contributed by atoms with E-state index in [1.54, 1.807) is 4.80 Å². The molecule has 2 aliphatic carbocycles. The zero-order valence-corrected chi connectivity index (χ0v) is 16.3. The molecule has 2 saturated carbocycles. The molecule has 0 radical (unpaired) electrons. The average molecular weight is 390 g/mol. The predicted octanol–water partition coefficient (Wildman–Crippen LogP) is 2.93. The van der Waals surface area contributed by atoms with E-state index in [1.165, 1.54) is 12.8 Å². The summed E-state index contributed by atoms with van der Waals surface area (Å²) in [6.45, 7) is 0. The van der Waals surface area contributed by atoms with Gasteiger partial charge in [0.2, 0.25) is 15.8 Å². The van der Waals surface area contributed by atoms with E-state index in [0.29, 0.717) is 11.7 Å². The van der Waals surface area contributed by atoms with Gasteiger partial charge in [-0.25, -0.2) is 13.1 Å². The second kappa shape index (κ2) is 8.06. The Morgan fingerprint density at radius 1 is 1.00 bits per heavy atom. The molecule has 146 valence electrons. The Kier molecular flexibility index (Phi) is 5.54. The predicted molar refractivity (Wildman–Crippen MR) is 103 cm³/mol. The lowest BCUT2D eigenvalue weighted by atomic mass is 9.92. The fourth-order valence-corrected chi connectivity index (χ4v) is 6.09. The SMILES string of the molecule is O=S(=O)(CC1CCCC1)NC1CCC(n2nnc(-c3ccccc3)n2)CC1. The van der Waals surface area contributed by atoms with Crippen LogP contribution in [0.2, 0.25) is 0 Å². The third kappa shape index (κ3) is 4.73. The standard InChI is InChI=1S/C19H27N5O2S/c25-27(26,14-15-6-4-5-7-15)22-17-10-12-18(13-11-17)24-21-19(20-23-24)16-8-2-1-3-9-16/h1-3,8-9,15,17-18,22H,4-7,10-14H2. The zero-order chi connectivity index (χ0) is 18.7. The van der Waals surface area contributed by atoms with E-state index >= 15 is 0 Å². The first kappa shape index (κ1) is 18.6. The first-order valence-electron chi connectivity index (χ1n) is 9.94. The third-order valence-electron chi connectivity index (χ3n) is 5.76. The van der Waals surface area contributed by atoms with Crippen LogP contribution in [0.15, 0.2) is 30.3 Å². The molecule has 0 aliphatic heterocycles. The second-order valence-corrected chi connectivity index (χ2v) is 9.65. The summed E-state index contributed by atoms with van der Waals surface area (Å²) in [5, 5.41) is 12.9. The quantitative estimate of drug-likeness (QED) is 0.820. The van der Waals surface area contributed by atoms with Gasteiger partial charge in [-0.2, -0.15) is 4.80 Å². The Morgan fingerprint density at radius 2 is 1.70 bits per heavy atom. The number of rotatable bonds is 6. The van der Waals surface area contributed by atoms with E-state index in [1.807, 2.05) is 30.3 Å². The van der Waals surface area contributed by atoms with Crippen molar-refractivity contribution in [2.75, 3.05) is 5.75 Å². The fourth-order valence-electron chi connectivity index (χ4n) is 4.30. The summed E-state index contributed by atoms with van der Waals surface area (Å²) in [6, 6.07) is 10.0. The molecule has 4 rings (SSSR count). The summed E-state index contributed by atoms with van der Waals surface area (Å²) in [7, 11) is -3.18. The Labute approximate surface area is 160 Å². The lowest BCUT2D eigenvalue weighted by Crippen LogP contribution is -2.40. The monoisotopic (exact) mass is 389 g/mol. The molecule has 8 heteroatoms. The van der Waals surface area contributed by atoms with Gasteiger partial charge in [0.05, 0.1) is 11.8 Å². The van der Waals surface area contributed by atoms with Crippen molar-refractivity contribution in [3.8, 4) is 11.4 Å². The maximum Gasteiger partial charge on any atom is 0.212 e. The number of nitrogens with zero attached hydrogens (tertiary/aromatic N) is 4. The fraction of sp³-hybridized carbons (Fsp3) is 0.632. The lowest BCUT2D eigenvalue weighted by Gasteiger charge is -2.28. The molecule has 1 N–H and O–H groups in total. The molecule has 0 amide bonds. The normalized spacial score (nSPS) is 24.3. The molecular weight excluding hydrogens is 362 g/mol. The van der Waals surface area contributed by atoms with E-state index in [9.17, 15) is 8.42 Å². The number of nitrogens with one attached hydrogen (secondary N) is 1. The Morgan fingerprint density at radius 3 is 2.41 bits per heavy atom. The van der Waals surface area contributed by atoms with Gasteiger partial charge in [0.15, 0.2) is 0 Å². The van der Waals surface area contributed by atoms with Crippen molar-refractivity contribution in [3.05, 3.63) is 30.3 Å². The van der Waals surface area contributed by atoms with E-state index in [2.05, 4.69) is 20.1 Å². The topological polar surface area (TPSA) is 89.8 Å². The van der Waals surface area contributed by atoms with Gasteiger partial charge < -0.3 is 0 Å². The molecule has 0 spiro atoms. The summed E-state index contributed by atoms with van der Waals surface area (Å²) in [6.07, 6.45) is 7.79. The van der Waals surface area contributed by atoms with Crippen LogP contribution in [0.3, 0.4) is 0 Å². The molecule has 27 heavy (non-hydrogen) atoms. The molecule has 0 atom stereocenters. The van der Waals surface area contributed by atoms with Crippen molar-refractivity contribution in [1.82, 2.24) is 24.9 Å². The van der Waals surface area contributed by atoms with Crippen molar-refractivity contribution >= 4 is 10.0 Å². The average Bonchev–Trinajstić information content (AvgIpc) is 3.34. The molecule has 2 aliphatic rings. The summed E-state index contributed by atoms with van der Waals surface area (Å²) < 4.78 is 27.8. The molecule has 0 bridgehead atoms. The van der Waals surface area contributed by atoms with E-state index in [0.717, 1.165) is 44.1 Å². The zero-order valence-electron chi connectivity index (χ0n) is 15.5. The number of sulfonamides is 1. The van der Waals surface area contributed by atoms with Crippen molar-refractivity contribution in [3.63, 3.8) is 0 Å². The van der Waals surface area contributed by atoms with Gasteiger partial charge in [-0.05, 0) is 49.7 Å². The Hall–Kier alpha value is -1.80. The molecule has 2 aromatic rings. The Bertz CT molecular complexity index is 838. The summed E-state index contributed by atoms with van der Waals surface area (Å²) in [5.74, 6) is 1.27. The highest BCUT2D eigenvalue weighted by Gasteiger charge is 2.29. The van der Waals surface area contributed by atoms with Gasteiger partial charge in [-0.15, -0.1) is 10.2 Å². The number of hydrogen-bond donors (Lipinski definition) is 1. The van der Waals surface area contributed by atoms with Crippen LogP contribution in [0.4, 0.5) is 0 Å². The highest BCUT2D eigenvalue weighted by atomic mass is 32.2. The third-order valence-corrected chi connectivity index (χ3v) is 7.36. The molecular formula is C19H27N5O2S. The number of aromatic nitrogens is 4. The van der Waals surface area contributed by atoms with Crippen molar-refractivity contribution in [1.29, 1.82) is 0 Å². The summed E-state index contributed by atoms with van der Waals surface area (Å²) in [4.78, 5) is 1.70. The minimum Gasteiger partial charge on any atom is -0.212 e. The number of tetrazole rings is 1. The molecule has 1 heterocycles. The van der Waals surface area contributed by atoms with Crippen molar-refractivity contribution < 1.29 is 8.42 Å². The van der Waals surface area contributed by atoms with Crippen molar-refractivity contribution in [2.45, 2.75) is 63.5 Å². The Balaban J connectivity index is 1.31. The maximum atomic E-state index is 12.4. The van der Waals surface area contributed by atoms with Crippen LogP contribution < -0.4 is 4.72 Å². The van der Waals surface area contributed by atoms with Gasteiger partial charge in [-0.3, -0.25) is 0 Å². The van der Waals surface area contributed by atoms with E-state index in [4.69, 9.17) is 0 Å². The molecule has 7 nitrogen and oxygen atoms in total. The van der Waals surface area contributed by atoms with Crippen LogP contribution in [0.25, 0.3) is 11.4 Å².